The van der Waals surface area contributed by atoms with Crippen LogP contribution in [-0.4, -0.2) is 46.7 Å². The van der Waals surface area contributed by atoms with Gasteiger partial charge < -0.3 is 0 Å². The molecule has 0 bridgehead atoms. The molecule has 0 unspecified atom stereocenters. The summed E-state index contributed by atoms with van der Waals surface area (Å²) >= 11 is 13.0. The van der Waals surface area contributed by atoms with E-state index < -0.39 is 15.9 Å². The van der Waals surface area contributed by atoms with Crippen LogP contribution in [0.25, 0.3) is 11.0 Å². The van der Waals surface area contributed by atoms with Crippen LogP contribution in [0.2, 0.25) is 10.0 Å². The summed E-state index contributed by atoms with van der Waals surface area (Å²) in [5.74, 6) is -0.541. The molecular weight excluding hydrogens is 557 g/mol. The van der Waals surface area contributed by atoms with E-state index in [0.717, 1.165) is 16.9 Å². The first-order chi connectivity index (χ1) is 17.8. The number of carbonyl (C=O) groups is 1. The van der Waals surface area contributed by atoms with Gasteiger partial charge in [-0.05, 0) is 67.4 Å². The molecule has 1 amide bonds. The molecule has 10 nitrogen and oxygen atoms in total. The normalized spacial score (nSPS) is 15.0. The predicted molar refractivity (Wildman–Crippen MR) is 140 cm³/mol. The van der Waals surface area contributed by atoms with Crippen molar-refractivity contribution in [1.82, 2.24) is 24.2 Å². The van der Waals surface area contributed by atoms with Crippen molar-refractivity contribution in [1.29, 1.82) is 0 Å². The zero-order chi connectivity index (χ0) is 26.0. The van der Waals surface area contributed by atoms with Gasteiger partial charge in [-0.25, -0.2) is 13.1 Å². The molecule has 5 rings (SSSR count). The summed E-state index contributed by atoms with van der Waals surface area (Å²) in [6.07, 6.45) is 1.24. The Kier molecular flexibility index (Phi) is 7.47. The van der Waals surface area contributed by atoms with Gasteiger partial charge in [0.1, 0.15) is 14.8 Å². The molecule has 0 N–H and O–H groups in total. The van der Waals surface area contributed by atoms with Gasteiger partial charge in [0, 0.05) is 33.6 Å². The monoisotopic (exact) mass is 576 g/mol. The largest absolute Gasteiger partial charge is 0.360 e. The van der Waals surface area contributed by atoms with Gasteiger partial charge in [0.2, 0.25) is 10.0 Å². The van der Waals surface area contributed by atoms with E-state index in [-0.39, 0.29) is 16.8 Å². The highest BCUT2D eigenvalue weighted by Gasteiger charge is 2.32. The van der Waals surface area contributed by atoms with Crippen LogP contribution >= 0.6 is 34.5 Å². The summed E-state index contributed by atoms with van der Waals surface area (Å²) < 4.78 is 30.0. The molecular formula is C23H20Cl2N7O3S2+. The maximum atomic E-state index is 13.2. The zero-order valence-electron chi connectivity index (χ0n) is 19.2. The third-order valence-electron chi connectivity index (χ3n) is 5.95. The topological polar surface area (TPSA) is 124 Å². The average Bonchev–Trinajstić information content (AvgIpc) is 3.54. The highest BCUT2D eigenvalue weighted by atomic mass is 35.5. The molecule has 1 aliphatic rings. The van der Waals surface area contributed by atoms with E-state index >= 15 is 0 Å². The quantitative estimate of drug-likeness (QED) is 0.232. The third kappa shape index (κ3) is 5.64. The Labute approximate surface area is 226 Å². The minimum absolute atomic E-state index is 0.0521. The van der Waals surface area contributed by atoms with Crippen LogP contribution in [0.4, 0.5) is 0 Å². The minimum Gasteiger partial charge on any atom is -0.259 e. The Bertz CT molecular complexity index is 1620. The van der Waals surface area contributed by atoms with Crippen molar-refractivity contribution in [3.05, 3.63) is 75.1 Å². The molecule has 0 saturated carbocycles. The number of hydrogen-bond donors (Lipinski definition) is 0. The SMILES string of the molecule is O=C(N=[N+]=NCc1ccc(S(=O)(=O)N2CCC(n3nnc4cc(Cl)ccc43)CC2)s1)c1ccc(Cl)cc1. The number of amides is 1. The molecule has 3 heterocycles. The van der Waals surface area contributed by atoms with Gasteiger partial charge in [0.25, 0.3) is 10.0 Å². The Balaban J connectivity index is 1.20. The zero-order valence-corrected chi connectivity index (χ0v) is 22.4. The van der Waals surface area contributed by atoms with Crippen LogP contribution in [-0.2, 0) is 16.6 Å². The van der Waals surface area contributed by atoms with Gasteiger partial charge in [-0.2, -0.15) is 4.31 Å². The van der Waals surface area contributed by atoms with Crippen molar-refractivity contribution in [2.45, 2.75) is 29.6 Å². The number of aromatic nitrogens is 3. The van der Waals surface area contributed by atoms with Crippen molar-refractivity contribution in [2.24, 2.45) is 10.2 Å². The Morgan fingerprint density at radius 1 is 1.05 bits per heavy atom. The standard InChI is InChI=1S/C23H20Cl2N7O3S2/c24-16-3-1-15(2-4-16)23(33)28-29-26-14-19-6-8-22(36-19)37(34,35)31-11-9-18(10-12-31)32-21-7-5-17(25)13-20(21)27-30-32/h1-8,13,18H,9-12,14H2/q+1. The minimum atomic E-state index is -3.64. The summed E-state index contributed by atoms with van der Waals surface area (Å²) in [5.41, 5.74) is 1.94. The summed E-state index contributed by atoms with van der Waals surface area (Å²) in [6.45, 7) is 0.865. The number of nitrogens with zero attached hydrogens (tertiary/aromatic N) is 7. The van der Waals surface area contributed by atoms with E-state index in [1.165, 1.54) is 4.31 Å². The lowest BCUT2D eigenvalue weighted by atomic mass is 10.1. The van der Waals surface area contributed by atoms with Crippen LogP contribution in [0.5, 0.6) is 0 Å². The summed E-state index contributed by atoms with van der Waals surface area (Å²) in [6, 6.07) is 15.0. The van der Waals surface area contributed by atoms with Crippen molar-refractivity contribution in [2.75, 3.05) is 13.1 Å². The fraction of sp³-hybridized carbons (Fsp3) is 0.261. The second kappa shape index (κ2) is 10.8. The molecule has 1 fully saturated rings. The molecule has 37 heavy (non-hydrogen) atoms. The number of rotatable bonds is 6. The predicted octanol–water partition coefficient (Wildman–Crippen LogP) is 5.14. The molecule has 1 aliphatic heterocycles. The number of sulfonamides is 1. The van der Waals surface area contributed by atoms with Crippen molar-refractivity contribution in [3.8, 4) is 0 Å². The van der Waals surface area contributed by atoms with Crippen LogP contribution in [0.15, 0.2) is 69.0 Å². The maximum absolute atomic E-state index is 13.2. The Morgan fingerprint density at radius 2 is 1.78 bits per heavy atom. The van der Waals surface area contributed by atoms with E-state index in [1.54, 1.807) is 48.5 Å². The lowest BCUT2D eigenvalue weighted by Gasteiger charge is -2.30. The van der Waals surface area contributed by atoms with Crippen LogP contribution in [0, 0.1) is 0 Å². The van der Waals surface area contributed by atoms with E-state index in [4.69, 9.17) is 23.2 Å². The van der Waals surface area contributed by atoms with Gasteiger partial charge in [-0.3, -0.25) is 4.79 Å². The average molecular weight is 577 g/mol. The molecule has 0 spiro atoms. The first kappa shape index (κ1) is 25.7. The van der Waals surface area contributed by atoms with E-state index in [2.05, 4.69) is 25.5 Å². The van der Waals surface area contributed by atoms with Crippen molar-refractivity contribution in [3.63, 3.8) is 0 Å². The van der Waals surface area contributed by atoms with Crippen LogP contribution in [0.1, 0.15) is 34.1 Å². The molecule has 0 radical (unpaired) electrons. The number of hydrogen-bond acceptors (Lipinski definition) is 7. The smallest absolute Gasteiger partial charge is 0.259 e. The van der Waals surface area contributed by atoms with Gasteiger partial charge in [0.15, 0.2) is 6.54 Å². The Hall–Kier alpha value is -2.99. The number of carbonyl (C=O) groups excluding carboxylic acids is 1. The van der Waals surface area contributed by atoms with Crippen molar-refractivity contribution < 1.29 is 13.2 Å². The van der Waals surface area contributed by atoms with Crippen molar-refractivity contribution >= 4 is 61.5 Å². The Morgan fingerprint density at radius 3 is 2.54 bits per heavy atom. The fourth-order valence-electron chi connectivity index (χ4n) is 4.04. The summed E-state index contributed by atoms with van der Waals surface area (Å²) in [7, 11) is -3.64. The van der Waals surface area contributed by atoms with Gasteiger partial charge in [-0.1, -0.05) is 28.4 Å². The van der Waals surface area contributed by atoms with E-state index in [1.807, 2.05) is 10.7 Å². The lowest BCUT2D eigenvalue weighted by molar-refractivity contribution is 0.0992. The van der Waals surface area contributed by atoms with Crippen LogP contribution < -0.4 is 4.91 Å². The molecule has 2 aromatic carbocycles. The van der Waals surface area contributed by atoms with Gasteiger partial charge >= 0.3 is 5.91 Å². The first-order valence-corrected chi connectivity index (χ1v) is 14.3. The molecule has 0 aliphatic carbocycles. The van der Waals surface area contributed by atoms with Gasteiger partial charge in [-0.15, -0.1) is 16.4 Å². The number of halogens is 2. The van der Waals surface area contributed by atoms with E-state index in [9.17, 15) is 13.2 Å². The van der Waals surface area contributed by atoms with Gasteiger partial charge in [0.05, 0.1) is 11.6 Å². The number of fused-ring (bicyclic) bond motifs is 1. The third-order valence-corrected chi connectivity index (χ3v) is 9.87. The number of thiophene rings is 1. The molecule has 1 saturated heterocycles. The molecule has 190 valence electrons. The van der Waals surface area contributed by atoms with Crippen LogP contribution in [0.3, 0.4) is 0 Å². The summed E-state index contributed by atoms with van der Waals surface area (Å²) in [5, 5.41) is 17.0. The molecule has 0 atom stereocenters. The molecule has 14 heteroatoms. The van der Waals surface area contributed by atoms with E-state index in [0.29, 0.717) is 51.9 Å². The number of benzene rings is 2. The molecule has 4 aromatic rings. The highest BCUT2D eigenvalue weighted by Crippen LogP contribution is 2.31. The lowest BCUT2D eigenvalue weighted by Crippen LogP contribution is -2.38. The summed E-state index contributed by atoms with van der Waals surface area (Å²) in [4.78, 5) is 16.3. The number of piperidine rings is 1. The highest BCUT2D eigenvalue weighted by molar-refractivity contribution is 7.91. The second-order valence-corrected chi connectivity index (χ2v) is 12.5. The second-order valence-electron chi connectivity index (χ2n) is 8.32. The fourth-order valence-corrected chi connectivity index (χ4v) is 7.23. The molecule has 2 aromatic heterocycles. The maximum Gasteiger partial charge on any atom is 0.360 e. The first-order valence-electron chi connectivity index (χ1n) is 11.3.